The molecule has 2 nitrogen and oxygen atoms in total. The second-order valence-electron chi connectivity index (χ2n) is 5.68. The summed E-state index contributed by atoms with van der Waals surface area (Å²) in [6, 6.07) is 5.00. The van der Waals surface area contributed by atoms with Crippen LogP contribution >= 0.6 is 11.6 Å². The van der Waals surface area contributed by atoms with Gasteiger partial charge in [-0.3, -0.25) is 4.79 Å². The predicted molar refractivity (Wildman–Crippen MR) is 73.0 cm³/mol. The summed E-state index contributed by atoms with van der Waals surface area (Å²) in [7, 11) is 0. The Morgan fingerprint density at radius 3 is 2.47 bits per heavy atom. The zero-order chi connectivity index (χ0) is 13.6. The van der Waals surface area contributed by atoms with Gasteiger partial charge in [-0.25, -0.2) is 4.39 Å². The van der Waals surface area contributed by atoms with E-state index in [0.29, 0.717) is 5.56 Å². The molecule has 102 valence electrons. The van der Waals surface area contributed by atoms with Crippen LogP contribution in [0.3, 0.4) is 0 Å². The quantitative estimate of drug-likeness (QED) is 0.722. The number of carbonyl (C=O) groups excluding carboxylic acids is 1. The molecule has 0 spiro atoms. The number of amides is 1. The van der Waals surface area contributed by atoms with Gasteiger partial charge in [0.05, 0.1) is 0 Å². The Morgan fingerprint density at radius 1 is 1.26 bits per heavy atom. The fraction of sp³-hybridized carbons (Fsp3) is 0.533. The maximum Gasteiger partial charge on any atom is 0.254 e. The summed E-state index contributed by atoms with van der Waals surface area (Å²) < 4.78 is 13.4. The van der Waals surface area contributed by atoms with E-state index in [1.54, 1.807) is 13.0 Å². The van der Waals surface area contributed by atoms with Crippen molar-refractivity contribution in [1.82, 2.24) is 4.90 Å². The molecule has 2 aliphatic rings. The molecule has 0 aromatic heterocycles. The topological polar surface area (TPSA) is 20.3 Å². The van der Waals surface area contributed by atoms with E-state index in [2.05, 4.69) is 0 Å². The number of alkyl halides is 1. The number of nitrogens with zero attached hydrogens (tertiary/aromatic N) is 1. The smallest absolute Gasteiger partial charge is 0.254 e. The molecule has 19 heavy (non-hydrogen) atoms. The number of hydrogen-bond acceptors (Lipinski definition) is 1. The van der Waals surface area contributed by atoms with Crippen LogP contribution in [0.4, 0.5) is 4.39 Å². The van der Waals surface area contributed by atoms with Crippen molar-refractivity contribution in [3.8, 4) is 0 Å². The monoisotopic (exact) mass is 281 g/mol. The number of halogens is 2. The van der Waals surface area contributed by atoms with Crippen molar-refractivity contribution in [3.05, 3.63) is 35.1 Å². The van der Waals surface area contributed by atoms with E-state index in [-0.39, 0.29) is 29.2 Å². The van der Waals surface area contributed by atoms with Crippen LogP contribution in [0, 0.1) is 12.7 Å². The summed E-state index contributed by atoms with van der Waals surface area (Å²) in [6.07, 6.45) is 3.76. The number of hydrogen-bond donors (Lipinski definition) is 0. The second-order valence-corrected chi connectivity index (χ2v) is 6.30. The Labute approximate surface area is 117 Å². The Bertz CT molecular complexity index is 485. The highest BCUT2D eigenvalue weighted by molar-refractivity contribution is 6.20. The minimum absolute atomic E-state index is 0.0429. The van der Waals surface area contributed by atoms with Crippen molar-refractivity contribution in [2.45, 2.75) is 50.1 Å². The van der Waals surface area contributed by atoms with E-state index in [0.717, 1.165) is 31.2 Å². The SMILES string of the molecule is Cc1cc(F)cc(C(=O)N2C3CCC2CC(Cl)C3)c1. The first-order chi connectivity index (χ1) is 9.04. The molecule has 3 rings (SSSR count). The van der Waals surface area contributed by atoms with Gasteiger partial charge in [0.2, 0.25) is 0 Å². The Kier molecular flexibility index (Phi) is 3.25. The van der Waals surface area contributed by atoms with Gasteiger partial charge in [-0.2, -0.15) is 0 Å². The molecule has 0 aliphatic carbocycles. The van der Waals surface area contributed by atoms with Gasteiger partial charge in [0.15, 0.2) is 0 Å². The molecule has 2 bridgehead atoms. The summed E-state index contributed by atoms with van der Waals surface area (Å²) in [5, 5.41) is 0.177. The van der Waals surface area contributed by atoms with Crippen LogP contribution in [-0.2, 0) is 0 Å². The van der Waals surface area contributed by atoms with Gasteiger partial charge in [0, 0.05) is 23.0 Å². The molecule has 2 fully saturated rings. The lowest BCUT2D eigenvalue weighted by molar-refractivity contribution is 0.0599. The minimum atomic E-state index is -0.345. The first-order valence-electron chi connectivity index (χ1n) is 6.78. The van der Waals surface area contributed by atoms with Gasteiger partial charge in [-0.15, -0.1) is 11.6 Å². The lowest BCUT2D eigenvalue weighted by atomic mass is 10.0. The van der Waals surface area contributed by atoms with E-state index >= 15 is 0 Å². The normalized spacial score (nSPS) is 29.6. The number of aryl methyl sites for hydroxylation is 1. The van der Waals surface area contributed by atoms with E-state index < -0.39 is 0 Å². The molecule has 2 heterocycles. The van der Waals surface area contributed by atoms with Gasteiger partial charge in [-0.1, -0.05) is 0 Å². The van der Waals surface area contributed by atoms with Crippen LogP contribution in [0.5, 0.6) is 0 Å². The summed E-state index contributed by atoms with van der Waals surface area (Å²) in [4.78, 5) is 14.5. The first-order valence-corrected chi connectivity index (χ1v) is 7.22. The van der Waals surface area contributed by atoms with Crippen molar-refractivity contribution in [3.63, 3.8) is 0 Å². The fourth-order valence-corrected chi connectivity index (χ4v) is 3.86. The van der Waals surface area contributed by atoms with Crippen LogP contribution in [-0.4, -0.2) is 28.3 Å². The second kappa shape index (κ2) is 4.78. The molecule has 2 aliphatic heterocycles. The van der Waals surface area contributed by atoms with Gasteiger partial charge in [-0.05, 0) is 56.4 Å². The molecule has 1 amide bonds. The van der Waals surface area contributed by atoms with E-state index in [4.69, 9.17) is 11.6 Å². The highest BCUT2D eigenvalue weighted by atomic mass is 35.5. The molecule has 1 aromatic carbocycles. The Balaban J connectivity index is 1.88. The van der Waals surface area contributed by atoms with Crippen LogP contribution in [0.1, 0.15) is 41.6 Å². The predicted octanol–water partition coefficient (Wildman–Crippen LogP) is 3.51. The van der Waals surface area contributed by atoms with Gasteiger partial charge in [0.1, 0.15) is 5.82 Å². The third-order valence-electron chi connectivity index (χ3n) is 4.20. The van der Waals surface area contributed by atoms with Crippen LogP contribution < -0.4 is 0 Å². The lowest BCUT2D eigenvalue weighted by Crippen LogP contribution is -2.47. The lowest BCUT2D eigenvalue weighted by Gasteiger charge is -2.37. The molecule has 2 atom stereocenters. The molecular formula is C15H17ClFNO. The zero-order valence-electron chi connectivity index (χ0n) is 10.9. The highest BCUT2D eigenvalue weighted by Gasteiger charge is 2.42. The van der Waals surface area contributed by atoms with Crippen molar-refractivity contribution in [2.75, 3.05) is 0 Å². The van der Waals surface area contributed by atoms with Crippen molar-refractivity contribution in [2.24, 2.45) is 0 Å². The number of piperidine rings is 1. The maximum absolute atomic E-state index is 13.4. The molecule has 0 saturated carbocycles. The molecule has 2 saturated heterocycles. The molecule has 0 radical (unpaired) electrons. The van der Waals surface area contributed by atoms with Gasteiger partial charge in [0.25, 0.3) is 5.91 Å². The Hall–Kier alpha value is -1.09. The summed E-state index contributed by atoms with van der Waals surface area (Å²) in [5.41, 5.74) is 1.24. The molecule has 0 N–H and O–H groups in total. The molecule has 4 heteroatoms. The third kappa shape index (κ3) is 2.36. The fourth-order valence-electron chi connectivity index (χ4n) is 3.45. The number of fused-ring (bicyclic) bond motifs is 2. The molecule has 1 aromatic rings. The van der Waals surface area contributed by atoms with Crippen LogP contribution in [0.2, 0.25) is 0 Å². The number of benzene rings is 1. The minimum Gasteiger partial charge on any atom is -0.333 e. The average molecular weight is 282 g/mol. The Morgan fingerprint density at radius 2 is 1.89 bits per heavy atom. The van der Waals surface area contributed by atoms with Gasteiger partial charge >= 0.3 is 0 Å². The standard InChI is InChI=1S/C15H17ClFNO/c1-9-4-10(6-12(17)5-9)15(19)18-13-2-3-14(18)8-11(16)7-13/h4-6,11,13-14H,2-3,7-8H2,1H3. The van der Waals surface area contributed by atoms with Crippen molar-refractivity contribution in [1.29, 1.82) is 0 Å². The number of rotatable bonds is 1. The first kappa shape index (κ1) is 12.9. The summed E-state index contributed by atoms with van der Waals surface area (Å²) in [6.45, 7) is 1.81. The van der Waals surface area contributed by atoms with E-state index in [9.17, 15) is 9.18 Å². The molecule has 2 unspecified atom stereocenters. The van der Waals surface area contributed by atoms with E-state index in [1.807, 2.05) is 4.90 Å². The average Bonchev–Trinajstić information content (AvgIpc) is 2.59. The van der Waals surface area contributed by atoms with Crippen LogP contribution in [0.25, 0.3) is 0 Å². The third-order valence-corrected chi connectivity index (χ3v) is 4.56. The number of carbonyl (C=O) groups is 1. The summed E-state index contributed by atoms with van der Waals surface area (Å²) >= 11 is 6.21. The largest absolute Gasteiger partial charge is 0.333 e. The maximum atomic E-state index is 13.4. The van der Waals surface area contributed by atoms with Crippen molar-refractivity contribution >= 4 is 17.5 Å². The highest BCUT2D eigenvalue weighted by Crippen LogP contribution is 2.38. The van der Waals surface area contributed by atoms with Crippen molar-refractivity contribution < 1.29 is 9.18 Å². The van der Waals surface area contributed by atoms with E-state index in [1.165, 1.54) is 12.1 Å². The summed E-state index contributed by atoms with van der Waals surface area (Å²) in [5.74, 6) is -0.387. The van der Waals surface area contributed by atoms with Gasteiger partial charge < -0.3 is 4.90 Å². The van der Waals surface area contributed by atoms with Crippen LogP contribution in [0.15, 0.2) is 18.2 Å². The zero-order valence-corrected chi connectivity index (χ0v) is 11.7. The molecular weight excluding hydrogens is 265 g/mol.